The van der Waals surface area contributed by atoms with Crippen LogP contribution in [0.1, 0.15) is 35.6 Å². The molecule has 0 aliphatic rings. The minimum atomic E-state index is 0.349. The van der Waals surface area contributed by atoms with Crippen molar-refractivity contribution in [1.29, 1.82) is 0 Å². The maximum Gasteiger partial charge on any atom is 0.0518 e. The summed E-state index contributed by atoms with van der Waals surface area (Å²) >= 11 is 1.88. The molecule has 1 aromatic rings. The van der Waals surface area contributed by atoms with Gasteiger partial charge in [-0.1, -0.05) is 0 Å². The lowest BCUT2D eigenvalue weighted by atomic mass is 10.2. The summed E-state index contributed by atoms with van der Waals surface area (Å²) in [4.78, 5) is 2.83. The zero-order chi connectivity index (χ0) is 12.0. The number of rotatable bonds is 7. The zero-order valence-corrected chi connectivity index (χ0v) is 11.6. The molecule has 16 heavy (non-hydrogen) atoms. The van der Waals surface area contributed by atoms with Gasteiger partial charge in [-0.25, -0.2) is 0 Å². The monoisotopic (exact) mass is 241 g/mol. The van der Waals surface area contributed by atoms with Crippen LogP contribution in [0.2, 0.25) is 0 Å². The molecule has 0 spiro atoms. The number of nitrogens with one attached hydrogen (secondary N) is 1. The molecular formula is C13H23NOS. The highest BCUT2D eigenvalue weighted by molar-refractivity contribution is 7.12. The Labute approximate surface area is 103 Å². The quantitative estimate of drug-likeness (QED) is 0.740. The lowest BCUT2D eigenvalue weighted by molar-refractivity contribution is 0.0770. The first-order chi connectivity index (χ1) is 7.59. The normalized spacial score (nSPS) is 11.3. The third-order valence-corrected chi connectivity index (χ3v) is 3.42. The van der Waals surface area contributed by atoms with E-state index >= 15 is 0 Å². The van der Waals surface area contributed by atoms with Gasteiger partial charge in [-0.3, -0.25) is 0 Å². The van der Waals surface area contributed by atoms with Crippen LogP contribution in [-0.4, -0.2) is 19.3 Å². The summed E-state index contributed by atoms with van der Waals surface area (Å²) < 4.78 is 5.48. The second-order valence-corrected chi connectivity index (χ2v) is 5.85. The third kappa shape index (κ3) is 5.10. The molecule has 1 rings (SSSR count). The largest absolute Gasteiger partial charge is 0.379 e. The van der Waals surface area contributed by atoms with Gasteiger partial charge < -0.3 is 10.1 Å². The van der Waals surface area contributed by atoms with Crippen molar-refractivity contribution < 1.29 is 4.74 Å². The van der Waals surface area contributed by atoms with E-state index in [2.05, 4.69) is 39.1 Å². The van der Waals surface area contributed by atoms with Crippen molar-refractivity contribution in [3.8, 4) is 0 Å². The molecule has 0 fully saturated rings. The fourth-order valence-corrected chi connectivity index (χ4v) is 2.54. The van der Waals surface area contributed by atoms with Crippen LogP contribution in [0.5, 0.6) is 0 Å². The van der Waals surface area contributed by atoms with Crippen LogP contribution < -0.4 is 5.32 Å². The van der Waals surface area contributed by atoms with Crippen molar-refractivity contribution in [3.63, 3.8) is 0 Å². The molecule has 1 aromatic heterocycles. The molecule has 92 valence electrons. The molecule has 0 atom stereocenters. The topological polar surface area (TPSA) is 21.3 Å². The van der Waals surface area contributed by atoms with Crippen molar-refractivity contribution in [2.24, 2.45) is 0 Å². The molecule has 0 saturated carbocycles. The smallest absolute Gasteiger partial charge is 0.0518 e. The molecule has 0 aliphatic heterocycles. The van der Waals surface area contributed by atoms with Gasteiger partial charge in [-0.05, 0) is 52.3 Å². The van der Waals surface area contributed by atoms with E-state index in [0.717, 1.165) is 26.1 Å². The Kier molecular flexibility index (Phi) is 6.03. The van der Waals surface area contributed by atoms with E-state index in [-0.39, 0.29) is 0 Å². The van der Waals surface area contributed by atoms with Gasteiger partial charge in [-0.15, -0.1) is 11.3 Å². The Morgan fingerprint density at radius 3 is 2.69 bits per heavy atom. The summed E-state index contributed by atoms with van der Waals surface area (Å²) in [6.45, 7) is 11.4. The van der Waals surface area contributed by atoms with E-state index in [1.807, 2.05) is 11.3 Å². The van der Waals surface area contributed by atoms with Gasteiger partial charge in [0, 0.05) is 22.9 Å². The summed E-state index contributed by atoms with van der Waals surface area (Å²) in [7, 11) is 0. The predicted octanol–water partition coefficient (Wildman–Crippen LogP) is 3.27. The maximum atomic E-state index is 5.48. The van der Waals surface area contributed by atoms with Gasteiger partial charge in [0.25, 0.3) is 0 Å². The molecule has 0 bridgehead atoms. The summed E-state index contributed by atoms with van der Waals surface area (Å²) in [5, 5.41) is 3.46. The molecule has 2 nitrogen and oxygen atoms in total. The van der Waals surface area contributed by atoms with E-state index in [4.69, 9.17) is 4.74 Å². The van der Waals surface area contributed by atoms with Crippen molar-refractivity contribution in [3.05, 3.63) is 21.4 Å². The molecular weight excluding hydrogens is 218 g/mol. The Morgan fingerprint density at radius 2 is 2.12 bits per heavy atom. The van der Waals surface area contributed by atoms with E-state index < -0.39 is 0 Å². The summed E-state index contributed by atoms with van der Waals surface area (Å²) in [5.41, 5.74) is 1.44. The first-order valence-electron chi connectivity index (χ1n) is 5.98. The van der Waals surface area contributed by atoms with Gasteiger partial charge in [0.15, 0.2) is 0 Å². The van der Waals surface area contributed by atoms with Crippen molar-refractivity contribution >= 4 is 11.3 Å². The molecule has 1 heterocycles. The molecule has 1 N–H and O–H groups in total. The van der Waals surface area contributed by atoms with Crippen LogP contribution in [0.4, 0.5) is 0 Å². The highest BCUT2D eigenvalue weighted by Gasteiger charge is 2.01. The van der Waals surface area contributed by atoms with Crippen LogP contribution in [0.25, 0.3) is 0 Å². The van der Waals surface area contributed by atoms with E-state index in [0.29, 0.717) is 6.10 Å². The van der Waals surface area contributed by atoms with Crippen LogP contribution in [-0.2, 0) is 11.3 Å². The van der Waals surface area contributed by atoms with E-state index in [9.17, 15) is 0 Å². The van der Waals surface area contributed by atoms with Crippen LogP contribution in [0.3, 0.4) is 0 Å². The van der Waals surface area contributed by atoms with Crippen molar-refractivity contribution in [2.45, 2.75) is 46.8 Å². The molecule has 0 amide bonds. The highest BCUT2D eigenvalue weighted by atomic mass is 32.1. The first-order valence-corrected chi connectivity index (χ1v) is 6.79. The zero-order valence-electron chi connectivity index (χ0n) is 10.8. The third-order valence-electron chi connectivity index (χ3n) is 2.41. The number of aryl methyl sites for hydroxylation is 2. The fourth-order valence-electron chi connectivity index (χ4n) is 1.60. The number of thiophene rings is 1. The van der Waals surface area contributed by atoms with Gasteiger partial charge in [0.05, 0.1) is 6.10 Å². The van der Waals surface area contributed by atoms with Crippen LogP contribution >= 0.6 is 11.3 Å². The molecule has 0 aromatic carbocycles. The van der Waals surface area contributed by atoms with Gasteiger partial charge in [-0.2, -0.15) is 0 Å². The molecule has 3 heteroatoms. The van der Waals surface area contributed by atoms with Gasteiger partial charge in [0.1, 0.15) is 0 Å². The SMILES string of the molecule is Cc1cc(CNCCCOC(C)C)c(C)s1. The van der Waals surface area contributed by atoms with Gasteiger partial charge >= 0.3 is 0 Å². The van der Waals surface area contributed by atoms with Crippen LogP contribution in [0, 0.1) is 13.8 Å². The lowest BCUT2D eigenvalue weighted by Gasteiger charge is -2.08. The Balaban J connectivity index is 2.09. The Bertz CT molecular complexity index is 307. The van der Waals surface area contributed by atoms with Gasteiger partial charge in [0.2, 0.25) is 0 Å². The van der Waals surface area contributed by atoms with E-state index in [1.54, 1.807) is 0 Å². The number of hydrogen-bond donors (Lipinski definition) is 1. The minimum absolute atomic E-state index is 0.349. The number of hydrogen-bond acceptors (Lipinski definition) is 3. The van der Waals surface area contributed by atoms with E-state index in [1.165, 1.54) is 15.3 Å². The summed E-state index contributed by atoms with van der Waals surface area (Å²) in [6, 6.07) is 2.28. The van der Waals surface area contributed by atoms with Crippen molar-refractivity contribution in [1.82, 2.24) is 5.32 Å². The second-order valence-electron chi connectivity index (χ2n) is 4.39. The standard InChI is InChI=1S/C13H23NOS/c1-10(2)15-7-5-6-14-9-13-8-11(3)16-12(13)4/h8,10,14H,5-7,9H2,1-4H3. The summed E-state index contributed by atoms with van der Waals surface area (Å²) in [6.07, 6.45) is 1.43. The minimum Gasteiger partial charge on any atom is -0.379 e. The fraction of sp³-hybridized carbons (Fsp3) is 0.692. The second kappa shape index (κ2) is 7.05. The first kappa shape index (κ1) is 13.7. The molecule has 0 unspecified atom stereocenters. The number of ether oxygens (including phenoxy) is 1. The Hall–Kier alpha value is -0.380. The highest BCUT2D eigenvalue weighted by Crippen LogP contribution is 2.20. The lowest BCUT2D eigenvalue weighted by Crippen LogP contribution is -2.17. The molecule has 0 saturated heterocycles. The predicted molar refractivity (Wildman–Crippen MR) is 71.2 cm³/mol. The average Bonchev–Trinajstić information content (AvgIpc) is 2.50. The average molecular weight is 241 g/mol. The van der Waals surface area contributed by atoms with Crippen LogP contribution in [0.15, 0.2) is 6.07 Å². The molecule has 0 aliphatic carbocycles. The Morgan fingerprint density at radius 1 is 1.38 bits per heavy atom. The molecule has 0 radical (unpaired) electrons. The summed E-state index contributed by atoms with van der Waals surface area (Å²) in [5.74, 6) is 0. The van der Waals surface area contributed by atoms with Crippen molar-refractivity contribution in [2.75, 3.05) is 13.2 Å². The maximum absolute atomic E-state index is 5.48.